The first-order chi connectivity index (χ1) is 11.1. The Labute approximate surface area is 160 Å². The van der Waals surface area contributed by atoms with Crippen LogP contribution in [0.1, 0.15) is 31.9 Å². The maximum Gasteiger partial charge on any atom is 0.278 e. The average Bonchev–Trinajstić information content (AvgIpc) is 2.99. The zero-order valence-electron chi connectivity index (χ0n) is 14.4. The van der Waals surface area contributed by atoms with Crippen molar-refractivity contribution in [3.63, 3.8) is 0 Å². The van der Waals surface area contributed by atoms with E-state index in [4.69, 9.17) is 9.47 Å². The number of hydrogen-bond acceptors (Lipinski definition) is 6. The lowest BCUT2D eigenvalue weighted by molar-refractivity contribution is -0.386. The van der Waals surface area contributed by atoms with Gasteiger partial charge in [0, 0.05) is 32.2 Å². The molecule has 0 aromatic heterocycles. The highest BCUT2D eigenvalue weighted by molar-refractivity contribution is 5.85. The fraction of sp³-hybridized carbons (Fsp3) is 0.625. The first-order valence-electron chi connectivity index (χ1n) is 8.09. The molecule has 9 heteroatoms. The largest absolute Gasteiger partial charge is 0.454 e. The van der Waals surface area contributed by atoms with Crippen LogP contribution >= 0.6 is 24.8 Å². The van der Waals surface area contributed by atoms with Gasteiger partial charge in [-0.15, -0.1) is 24.8 Å². The molecule has 0 unspecified atom stereocenters. The zero-order valence-corrected chi connectivity index (χ0v) is 16.0. The van der Waals surface area contributed by atoms with Crippen LogP contribution in [0.4, 0.5) is 5.69 Å². The van der Waals surface area contributed by atoms with Crippen molar-refractivity contribution in [2.45, 2.75) is 26.3 Å². The van der Waals surface area contributed by atoms with Crippen LogP contribution in [0.2, 0.25) is 0 Å². The number of piperazine rings is 1. The fourth-order valence-corrected chi connectivity index (χ4v) is 3.29. The average molecular weight is 394 g/mol. The van der Waals surface area contributed by atoms with Gasteiger partial charge in [0.15, 0.2) is 11.5 Å². The molecule has 2 heterocycles. The lowest BCUT2D eigenvalue weighted by Gasteiger charge is -2.36. The predicted molar refractivity (Wildman–Crippen MR) is 100 cm³/mol. The molecule has 1 fully saturated rings. The van der Waals surface area contributed by atoms with Gasteiger partial charge in [0.05, 0.1) is 16.6 Å². The minimum absolute atomic E-state index is 0. The molecule has 0 saturated carbocycles. The lowest BCUT2D eigenvalue weighted by atomic mass is 9.93. The van der Waals surface area contributed by atoms with Gasteiger partial charge >= 0.3 is 0 Å². The fourth-order valence-electron chi connectivity index (χ4n) is 3.29. The molecule has 0 spiro atoms. The predicted octanol–water partition coefficient (Wildman–Crippen LogP) is 3.16. The Morgan fingerprint density at radius 1 is 1.20 bits per heavy atom. The number of nitro groups is 1. The van der Waals surface area contributed by atoms with Gasteiger partial charge in [0.1, 0.15) is 0 Å². The van der Waals surface area contributed by atoms with Crippen LogP contribution < -0.4 is 14.8 Å². The topological polar surface area (TPSA) is 76.9 Å². The van der Waals surface area contributed by atoms with Gasteiger partial charge in [0.2, 0.25) is 6.79 Å². The van der Waals surface area contributed by atoms with Gasteiger partial charge in [-0.2, -0.15) is 0 Å². The molecular formula is C16H25Cl2N3O4. The number of nitrogens with zero attached hydrogens (tertiary/aromatic N) is 2. The normalized spacial score (nSPS) is 17.6. The number of halogens is 2. The molecule has 1 N–H and O–H groups in total. The Balaban J connectivity index is 0.00000156. The van der Waals surface area contributed by atoms with E-state index in [0.29, 0.717) is 17.4 Å². The number of benzene rings is 1. The second kappa shape index (κ2) is 9.43. The first-order valence-corrected chi connectivity index (χ1v) is 8.09. The number of hydrogen-bond donors (Lipinski definition) is 1. The number of ether oxygens (including phenoxy) is 2. The summed E-state index contributed by atoms with van der Waals surface area (Å²) in [5.41, 5.74) is 0.855. The van der Waals surface area contributed by atoms with Crippen molar-refractivity contribution in [1.29, 1.82) is 0 Å². The quantitative estimate of drug-likeness (QED) is 0.611. The smallest absolute Gasteiger partial charge is 0.278 e. The molecular weight excluding hydrogens is 369 g/mol. The second-order valence-electron chi connectivity index (χ2n) is 6.45. The van der Waals surface area contributed by atoms with E-state index in [1.165, 1.54) is 6.07 Å². The molecule has 1 aromatic rings. The molecule has 0 radical (unpaired) electrons. The molecule has 0 aliphatic carbocycles. The summed E-state index contributed by atoms with van der Waals surface area (Å²) in [6.07, 6.45) is 0.875. The molecule has 142 valence electrons. The summed E-state index contributed by atoms with van der Waals surface area (Å²) in [5.74, 6) is 1.51. The zero-order chi connectivity index (χ0) is 16.4. The highest BCUT2D eigenvalue weighted by Gasteiger charge is 2.32. The van der Waals surface area contributed by atoms with Gasteiger partial charge in [-0.25, -0.2) is 0 Å². The summed E-state index contributed by atoms with van der Waals surface area (Å²) < 4.78 is 10.7. The molecule has 3 rings (SSSR count). The molecule has 0 bridgehead atoms. The molecule has 2 aliphatic heterocycles. The van der Waals surface area contributed by atoms with Crippen LogP contribution in [0.25, 0.3) is 0 Å². The van der Waals surface area contributed by atoms with Crippen LogP contribution in [0, 0.1) is 16.0 Å². The van der Waals surface area contributed by atoms with Crippen molar-refractivity contribution in [2.75, 3.05) is 33.0 Å². The summed E-state index contributed by atoms with van der Waals surface area (Å²) in [4.78, 5) is 13.6. The number of rotatable bonds is 5. The Morgan fingerprint density at radius 3 is 2.36 bits per heavy atom. The van der Waals surface area contributed by atoms with Crippen molar-refractivity contribution in [2.24, 2.45) is 5.92 Å². The third-order valence-corrected chi connectivity index (χ3v) is 4.36. The SMILES string of the molecule is CC(C)C[C@H](c1cc2c(cc1[N+](=O)[O-])OCO2)N1CCNCC1.Cl.Cl. The van der Waals surface area contributed by atoms with Gasteiger partial charge in [0.25, 0.3) is 5.69 Å². The Kier molecular flexibility index (Phi) is 8.21. The Morgan fingerprint density at radius 2 is 1.80 bits per heavy atom. The first kappa shape index (κ1) is 21.8. The summed E-state index contributed by atoms with van der Waals surface area (Å²) >= 11 is 0. The van der Waals surface area contributed by atoms with Gasteiger partial charge in [-0.3, -0.25) is 15.0 Å². The molecule has 1 atom stereocenters. The van der Waals surface area contributed by atoms with Crippen molar-refractivity contribution in [1.82, 2.24) is 10.2 Å². The van der Waals surface area contributed by atoms with Gasteiger partial charge in [-0.1, -0.05) is 13.8 Å². The molecule has 1 saturated heterocycles. The minimum atomic E-state index is -0.313. The van der Waals surface area contributed by atoms with Gasteiger partial charge < -0.3 is 14.8 Å². The number of nitro benzene ring substituents is 1. The lowest BCUT2D eigenvalue weighted by Crippen LogP contribution is -2.45. The molecule has 2 aliphatic rings. The van der Waals surface area contributed by atoms with Crippen molar-refractivity contribution in [3.8, 4) is 11.5 Å². The van der Waals surface area contributed by atoms with Crippen LogP contribution in [0.15, 0.2) is 12.1 Å². The maximum absolute atomic E-state index is 11.6. The van der Waals surface area contributed by atoms with E-state index >= 15 is 0 Å². The summed E-state index contributed by atoms with van der Waals surface area (Å²) in [6.45, 7) is 8.02. The number of fused-ring (bicyclic) bond motifs is 1. The third kappa shape index (κ3) is 4.88. The van der Waals surface area contributed by atoms with E-state index in [2.05, 4.69) is 24.1 Å². The summed E-state index contributed by atoms with van der Waals surface area (Å²) in [7, 11) is 0. The van der Waals surface area contributed by atoms with Crippen molar-refractivity contribution < 1.29 is 14.4 Å². The molecule has 7 nitrogen and oxygen atoms in total. The standard InChI is InChI=1S/C16H23N3O4.2ClH/c1-11(2)7-13(18-5-3-17-4-6-18)12-8-15-16(23-10-22-15)9-14(12)19(20)21;;/h8-9,11,13,17H,3-7,10H2,1-2H3;2*1H/t13-;;/m1../s1. The molecule has 0 amide bonds. The van der Waals surface area contributed by atoms with E-state index in [-0.39, 0.29) is 48.3 Å². The van der Waals surface area contributed by atoms with Crippen molar-refractivity contribution in [3.05, 3.63) is 27.8 Å². The van der Waals surface area contributed by atoms with Gasteiger partial charge in [-0.05, 0) is 18.4 Å². The molecule has 1 aromatic carbocycles. The summed E-state index contributed by atoms with van der Waals surface area (Å²) in [5, 5.41) is 14.9. The Bertz CT molecular complexity index is 595. The third-order valence-electron chi connectivity index (χ3n) is 4.36. The van der Waals surface area contributed by atoms with Crippen LogP contribution in [-0.2, 0) is 0 Å². The van der Waals surface area contributed by atoms with E-state index in [1.807, 2.05) is 0 Å². The highest BCUT2D eigenvalue weighted by Crippen LogP contribution is 2.43. The monoisotopic (exact) mass is 393 g/mol. The second-order valence-corrected chi connectivity index (χ2v) is 6.45. The Hall–Kier alpha value is -1.28. The van der Waals surface area contributed by atoms with E-state index in [0.717, 1.165) is 38.2 Å². The maximum atomic E-state index is 11.6. The van der Waals surface area contributed by atoms with Crippen LogP contribution in [0.5, 0.6) is 11.5 Å². The van der Waals surface area contributed by atoms with E-state index in [1.54, 1.807) is 6.07 Å². The highest BCUT2D eigenvalue weighted by atomic mass is 35.5. The molecule has 25 heavy (non-hydrogen) atoms. The minimum Gasteiger partial charge on any atom is -0.454 e. The van der Waals surface area contributed by atoms with E-state index in [9.17, 15) is 10.1 Å². The summed E-state index contributed by atoms with van der Waals surface area (Å²) in [6, 6.07) is 3.33. The number of nitrogens with one attached hydrogen (secondary N) is 1. The van der Waals surface area contributed by atoms with Crippen LogP contribution in [-0.4, -0.2) is 42.8 Å². The van der Waals surface area contributed by atoms with Crippen LogP contribution in [0.3, 0.4) is 0 Å². The van der Waals surface area contributed by atoms with Crippen molar-refractivity contribution >= 4 is 30.5 Å². The van der Waals surface area contributed by atoms with E-state index < -0.39 is 0 Å².